The van der Waals surface area contributed by atoms with Gasteiger partial charge in [0.1, 0.15) is 12.0 Å². The summed E-state index contributed by atoms with van der Waals surface area (Å²) in [5, 5.41) is 0. The predicted molar refractivity (Wildman–Crippen MR) is 105 cm³/mol. The van der Waals surface area contributed by atoms with E-state index in [2.05, 4.69) is 19.4 Å². The van der Waals surface area contributed by atoms with Crippen molar-refractivity contribution in [3.63, 3.8) is 0 Å². The van der Waals surface area contributed by atoms with Gasteiger partial charge >= 0.3 is 0 Å². The lowest BCUT2D eigenvalue weighted by Gasteiger charge is -2.32. The van der Waals surface area contributed by atoms with Crippen molar-refractivity contribution in [3.8, 4) is 23.0 Å². The summed E-state index contributed by atoms with van der Waals surface area (Å²) in [5.74, 6) is 2.69. The van der Waals surface area contributed by atoms with Crippen LogP contribution in [0.4, 0.5) is 0 Å². The van der Waals surface area contributed by atoms with E-state index in [0.717, 1.165) is 62.4 Å². The quantitative estimate of drug-likeness (QED) is 0.678. The average Bonchev–Trinajstić information content (AvgIpc) is 3.29. The molecule has 0 N–H and O–H groups in total. The number of carbonyl (C=O) groups is 1. The molecule has 1 saturated heterocycles. The smallest absolute Gasteiger partial charge is 0.226 e. The summed E-state index contributed by atoms with van der Waals surface area (Å²) in [6.45, 7) is 2.66. The van der Waals surface area contributed by atoms with Crippen molar-refractivity contribution in [2.45, 2.75) is 32.2 Å². The molecular weight excluding hydrogens is 352 g/mol. The highest BCUT2D eigenvalue weighted by atomic mass is 16.3. The molecule has 0 radical (unpaired) electrons. The molecule has 0 bridgehead atoms. The van der Waals surface area contributed by atoms with Crippen molar-refractivity contribution < 1.29 is 9.21 Å². The van der Waals surface area contributed by atoms with Crippen molar-refractivity contribution in [3.05, 3.63) is 49.0 Å². The zero-order valence-electron chi connectivity index (χ0n) is 15.8. The third-order valence-corrected chi connectivity index (χ3v) is 5.78. The first-order chi connectivity index (χ1) is 13.8. The molecular formula is C22H24N4O2. The second-order valence-corrected chi connectivity index (χ2v) is 7.85. The van der Waals surface area contributed by atoms with E-state index in [1.54, 1.807) is 6.26 Å². The van der Waals surface area contributed by atoms with Gasteiger partial charge < -0.3 is 13.9 Å². The van der Waals surface area contributed by atoms with Gasteiger partial charge in [-0.25, -0.2) is 9.97 Å². The van der Waals surface area contributed by atoms with E-state index >= 15 is 0 Å². The molecule has 1 aliphatic carbocycles. The third-order valence-electron chi connectivity index (χ3n) is 5.78. The fourth-order valence-corrected chi connectivity index (χ4v) is 3.98. The van der Waals surface area contributed by atoms with Gasteiger partial charge in [-0.15, -0.1) is 0 Å². The Kier molecular flexibility index (Phi) is 4.47. The number of hydrogen-bond acceptors (Lipinski definition) is 4. The van der Waals surface area contributed by atoms with Crippen LogP contribution in [0.15, 0.2) is 53.4 Å². The number of piperidine rings is 1. The maximum absolute atomic E-state index is 12.2. The van der Waals surface area contributed by atoms with Crippen molar-refractivity contribution in [2.24, 2.45) is 11.8 Å². The second kappa shape index (κ2) is 7.26. The fourth-order valence-electron chi connectivity index (χ4n) is 3.98. The monoisotopic (exact) mass is 376 g/mol. The number of oxazole rings is 1. The molecule has 1 amide bonds. The molecule has 3 heterocycles. The molecule has 1 aromatic carbocycles. The Morgan fingerprint density at radius 3 is 2.64 bits per heavy atom. The highest BCUT2D eigenvalue weighted by Crippen LogP contribution is 2.33. The fraction of sp³-hybridized carbons (Fsp3) is 0.409. The summed E-state index contributed by atoms with van der Waals surface area (Å²) in [6, 6.07) is 9.89. The molecule has 28 heavy (non-hydrogen) atoms. The van der Waals surface area contributed by atoms with Crippen LogP contribution in [0.3, 0.4) is 0 Å². The topological polar surface area (TPSA) is 64.2 Å². The van der Waals surface area contributed by atoms with E-state index in [1.165, 1.54) is 0 Å². The lowest BCUT2D eigenvalue weighted by atomic mass is 9.96. The zero-order chi connectivity index (χ0) is 18.9. The first-order valence-corrected chi connectivity index (χ1v) is 10.1. The Labute approximate surface area is 164 Å². The van der Waals surface area contributed by atoms with Crippen LogP contribution in [0, 0.1) is 11.8 Å². The van der Waals surface area contributed by atoms with Crippen LogP contribution < -0.4 is 0 Å². The predicted octanol–water partition coefficient (Wildman–Crippen LogP) is 3.85. The van der Waals surface area contributed by atoms with E-state index in [0.29, 0.717) is 23.6 Å². The largest absolute Gasteiger partial charge is 0.444 e. The van der Waals surface area contributed by atoms with Gasteiger partial charge in [0.05, 0.1) is 0 Å². The van der Waals surface area contributed by atoms with E-state index in [-0.39, 0.29) is 0 Å². The number of imidazole rings is 1. The molecule has 6 nitrogen and oxygen atoms in total. The maximum Gasteiger partial charge on any atom is 0.226 e. The molecule has 1 saturated carbocycles. The highest BCUT2D eigenvalue weighted by molar-refractivity contribution is 5.81. The zero-order valence-corrected chi connectivity index (χ0v) is 15.8. The number of carbonyl (C=O) groups excluding carboxylic acids is 1. The van der Waals surface area contributed by atoms with Crippen molar-refractivity contribution >= 4 is 5.91 Å². The molecule has 144 valence electrons. The number of hydrogen-bond donors (Lipinski definition) is 0. The average molecular weight is 376 g/mol. The van der Waals surface area contributed by atoms with Gasteiger partial charge in [0.25, 0.3) is 0 Å². The summed E-state index contributed by atoms with van der Waals surface area (Å²) < 4.78 is 7.84. The van der Waals surface area contributed by atoms with Crippen molar-refractivity contribution in [1.29, 1.82) is 0 Å². The van der Waals surface area contributed by atoms with Crippen LogP contribution in [0.1, 0.15) is 25.7 Å². The molecule has 0 spiro atoms. The van der Waals surface area contributed by atoms with E-state index < -0.39 is 0 Å². The summed E-state index contributed by atoms with van der Waals surface area (Å²) in [6.07, 6.45) is 9.76. The van der Waals surface area contributed by atoms with Gasteiger partial charge in [-0.1, -0.05) is 18.2 Å². The minimum Gasteiger partial charge on any atom is -0.444 e. The van der Waals surface area contributed by atoms with Crippen LogP contribution >= 0.6 is 0 Å². The number of amides is 1. The van der Waals surface area contributed by atoms with E-state index in [9.17, 15) is 4.79 Å². The van der Waals surface area contributed by atoms with Crippen molar-refractivity contribution in [1.82, 2.24) is 19.4 Å². The minimum atomic E-state index is 0.322. The van der Waals surface area contributed by atoms with E-state index in [1.807, 2.05) is 42.7 Å². The normalized spacial score (nSPS) is 17.8. The molecule has 3 aromatic rings. The molecule has 2 aromatic heterocycles. The van der Waals surface area contributed by atoms with Crippen LogP contribution in [0.5, 0.6) is 0 Å². The summed E-state index contributed by atoms with van der Waals surface area (Å²) in [7, 11) is 0. The standard InChI is InChI=1S/C22H24N4O2/c27-22(18-6-7-18)25-11-8-16(9-12-25)14-26-13-10-23-20(26)19-15-28-21(24-19)17-4-2-1-3-5-17/h1-5,10,13,15-16,18H,6-9,11-12,14H2. The Balaban J connectivity index is 1.26. The molecule has 6 heteroatoms. The van der Waals surface area contributed by atoms with Gasteiger partial charge in [-0.3, -0.25) is 4.79 Å². The lowest BCUT2D eigenvalue weighted by Crippen LogP contribution is -2.40. The molecule has 2 fully saturated rings. The number of likely N-dealkylation sites (tertiary alicyclic amines) is 1. The Hall–Kier alpha value is -2.89. The van der Waals surface area contributed by atoms with Gasteiger partial charge in [0.15, 0.2) is 5.82 Å². The van der Waals surface area contributed by atoms with Crippen LogP contribution in [0.25, 0.3) is 23.0 Å². The number of nitrogens with zero attached hydrogens (tertiary/aromatic N) is 4. The van der Waals surface area contributed by atoms with Gasteiger partial charge in [0, 0.05) is 43.5 Å². The van der Waals surface area contributed by atoms with Crippen LogP contribution in [-0.4, -0.2) is 38.4 Å². The molecule has 0 atom stereocenters. The summed E-state index contributed by atoms with van der Waals surface area (Å²) >= 11 is 0. The molecule has 2 aliphatic rings. The Morgan fingerprint density at radius 1 is 1.11 bits per heavy atom. The first-order valence-electron chi connectivity index (χ1n) is 10.1. The molecule has 0 unspecified atom stereocenters. The minimum absolute atomic E-state index is 0.322. The van der Waals surface area contributed by atoms with Gasteiger partial charge in [-0.2, -0.15) is 0 Å². The number of rotatable bonds is 5. The Morgan fingerprint density at radius 2 is 1.89 bits per heavy atom. The molecule has 1 aliphatic heterocycles. The van der Waals surface area contributed by atoms with Crippen LogP contribution in [-0.2, 0) is 11.3 Å². The third kappa shape index (κ3) is 3.46. The first kappa shape index (κ1) is 17.2. The summed E-state index contributed by atoms with van der Waals surface area (Å²) in [4.78, 5) is 23.4. The van der Waals surface area contributed by atoms with Gasteiger partial charge in [-0.05, 0) is 43.7 Å². The molecule has 5 rings (SSSR count). The summed E-state index contributed by atoms with van der Waals surface area (Å²) in [5.41, 5.74) is 1.71. The van der Waals surface area contributed by atoms with Crippen molar-refractivity contribution in [2.75, 3.05) is 13.1 Å². The second-order valence-electron chi connectivity index (χ2n) is 7.85. The SMILES string of the molecule is O=C(C1CC1)N1CCC(Cn2ccnc2-c2coc(-c3ccccc3)n2)CC1. The van der Waals surface area contributed by atoms with Crippen LogP contribution in [0.2, 0.25) is 0 Å². The van der Waals surface area contributed by atoms with E-state index in [4.69, 9.17) is 4.42 Å². The van der Waals surface area contributed by atoms with Gasteiger partial charge in [0.2, 0.25) is 11.8 Å². The lowest BCUT2D eigenvalue weighted by molar-refractivity contribution is -0.134. The number of aromatic nitrogens is 3. The highest BCUT2D eigenvalue weighted by Gasteiger charge is 2.35. The number of benzene rings is 1. The Bertz CT molecular complexity index is 950. The maximum atomic E-state index is 12.2.